The van der Waals surface area contributed by atoms with E-state index >= 15 is 0 Å². The largest absolute Gasteiger partial charge is 0.0622 e. The first kappa shape index (κ1) is 12.0. The van der Waals surface area contributed by atoms with E-state index in [-0.39, 0.29) is 0 Å². The summed E-state index contributed by atoms with van der Waals surface area (Å²) in [5, 5.41) is 2.72. The van der Waals surface area contributed by atoms with Gasteiger partial charge in [0.15, 0.2) is 0 Å². The highest BCUT2D eigenvalue weighted by Crippen LogP contribution is 2.34. The van der Waals surface area contributed by atoms with Gasteiger partial charge in [-0.3, -0.25) is 0 Å². The Bertz CT molecular complexity index is 737. The Morgan fingerprint density at radius 1 is 0.632 bits per heavy atom. The molecule has 0 fully saturated rings. The Kier molecular flexibility index (Phi) is 2.87. The molecule has 0 aliphatic carbocycles. The van der Waals surface area contributed by atoms with E-state index in [4.69, 9.17) is 0 Å². The van der Waals surface area contributed by atoms with Crippen LogP contribution in [0.15, 0.2) is 54.6 Å². The number of hydrogen-bond acceptors (Lipinski definition) is 0. The predicted octanol–water partition coefficient (Wildman–Crippen LogP) is 5.43. The van der Waals surface area contributed by atoms with Gasteiger partial charge >= 0.3 is 0 Å². The second-order valence-corrected chi connectivity index (χ2v) is 5.30. The Morgan fingerprint density at radius 3 is 2.11 bits per heavy atom. The van der Waals surface area contributed by atoms with Crippen molar-refractivity contribution < 1.29 is 0 Å². The molecule has 0 bridgehead atoms. The molecule has 0 radical (unpaired) electrons. The number of aryl methyl sites for hydroxylation is 3. The van der Waals surface area contributed by atoms with E-state index in [1.54, 1.807) is 0 Å². The van der Waals surface area contributed by atoms with Crippen LogP contribution in [0, 0.1) is 20.8 Å². The fraction of sp³-hybridized carbons (Fsp3) is 0.158. The van der Waals surface area contributed by atoms with Gasteiger partial charge in [0.2, 0.25) is 0 Å². The van der Waals surface area contributed by atoms with E-state index in [9.17, 15) is 0 Å². The van der Waals surface area contributed by atoms with Crippen LogP contribution in [0.25, 0.3) is 21.9 Å². The van der Waals surface area contributed by atoms with Crippen LogP contribution in [0.1, 0.15) is 16.7 Å². The Balaban J connectivity index is 2.44. The van der Waals surface area contributed by atoms with Gasteiger partial charge in [0, 0.05) is 0 Å². The zero-order valence-electron chi connectivity index (χ0n) is 11.7. The first-order valence-corrected chi connectivity index (χ1v) is 6.73. The maximum Gasteiger partial charge on any atom is -0.00758 e. The summed E-state index contributed by atoms with van der Waals surface area (Å²) in [5.74, 6) is 0. The van der Waals surface area contributed by atoms with Gasteiger partial charge in [-0.15, -0.1) is 0 Å². The summed E-state index contributed by atoms with van der Waals surface area (Å²) < 4.78 is 0. The van der Waals surface area contributed by atoms with E-state index in [0.29, 0.717) is 0 Å². The van der Waals surface area contributed by atoms with Crippen LogP contribution in [-0.4, -0.2) is 0 Å². The molecule has 19 heavy (non-hydrogen) atoms. The van der Waals surface area contributed by atoms with Crippen molar-refractivity contribution in [2.24, 2.45) is 0 Å². The van der Waals surface area contributed by atoms with Gasteiger partial charge in [-0.25, -0.2) is 0 Å². The molecule has 3 aromatic carbocycles. The van der Waals surface area contributed by atoms with Gasteiger partial charge in [0.25, 0.3) is 0 Å². The van der Waals surface area contributed by atoms with Crippen LogP contribution in [-0.2, 0) is 0 Å². The zero-order valence-corrected chi connectivity index (χ0v) is 11.7. The monoisotopic (exact) mass is 246 g/mol. The highest BCUT2D eigenvalue weighted by atomic mass is 14.1. The quantitative estimate of drug-likeness (QED) is 0.537. The van der Waals surface area contributed by atoms with Gasteiger partial charge in [-0.1, -0.05) is 60.2 Å². The summed E-state index contributed by atoms with van der Waals surface area (Å²) in [6.07, 6.45) is 0. The lowest BCUT2D eigenvalue weighted by Crippen LogP contribution is -1.90. The van der Waals surface area contributed by atoms with Crippen molar-refractivity contribution in [2.45, 2.75) is 20.8 Å². The topological polar surface area (TPSA) is 0 Å². The van der Waals surface area contributed by atoms with Gasteiger partial charge in [0.05, 0.1) is 0 Å². The fourth-order valence-corrected chi connectivity index (χ4v) is 2.88. The first-order valence-electron chi connectivity index (χ1n) is 6.73. The molecule has 3 rings (SSSR count). The molecule has 0 unspecified atom stereocenters. The molecule has 0 amide bonds. The van der Waals surface area contributed by atoms with Gasteiger partial charge in [-0.2, -0.15) is 0 Å². The minimum Gasteiger partial charge on any atom is -0.0622 e. The fourth-order valence-electron chi connectivity index (χ4n) is 2.88. The second kappa shape index (κ2) is 4.55. The van der Waals surface area contributed by atoms with Crippen molar-refractivity contribution in [3.63, 3.8) is 0 Å². The normalized spacial score (nSPS) is 10.9. The van der Waals surface area contributed by atoms with Crippen LogP contribution >= 0.6 is 0 Å². The Morgan fingerprint density at radius 2 is 1.37 bits per heavy atom. The molecule has 0 spiro atoms. The number of hydrogen-bond donors (Lipinski definition) is 0. The number of benzene rings is 3. The van der Waals surface area contributed by atoms with E-state index in [0.717, 1.165) is 0 Å². The molecule has 0 saturated carbocycles. The summed E-state index contributed by atoms with van der Waals surface area (Å²) in [7, 11) is 0. The van der Waals surface area contributed by atoms with Crippen molar-refractivity contribution in [1.82, 2.24) is 0 Å². The van der Waals surface area contributed by atoms with Crippen molar-refractivity contribution in [3.8, 4) is 11.1 Å². The molecule has 0 atom stereocenters. The summed E-state index contributed by atoms with van der Waals surface area (Å²) in [5.41, 5.74) is 6.68. The molecule has 0 heterocycles. The third kappa shape index (κ3) is 2.04. The van der Waals surface area contributed by atoms with Gasteiger partial charge in [0.1, 0.15) is 0 Å². The minimum atomic E-state index is 1.30. The minimum absolute atomic E-state index is 1.30. The van der Waals surface area contributed by atoms with Crippen LogP contribution in [0.4, 0.5) is 0 Å². The Labute approximate surface area is 114 Å². The van der Waals surface area contributed by atoms with Gasteiger partial charge in [-0.05, 0) is 53.8 Å². The first-order chi connectivity index (χ1) is 9.16. The molecule has 0 nitrogen and oxygen atoms in total. The highest BCUT2D eigenvalue weighted by Gasteiger charge is 2.09. The lowest BCUT2D eigenvalue weighted by atomic mass is 9.90. The van der Waals surface area contributed by atoms with Crippen LogP contribution < -0.4 is 0 Å². The molecule has 94 valence electrons. The molecule has 0 aliphatic heterocycles. The summed E-state index contributed by atoms with van der Waals surface area (Å²) >= 11 is 0. The molecule has 0 aliphatic rings. The highest BCUT2D eigenvalue weighted by molar-refractivity contribution is 6.00. The summed E-state index contributed by atoms with van der Waals surface area (Å²) in [6.45, 7) is 6.56. The van der Waals surface area contributed by atoms with E-state index in [1.165, 1.54) is 38.6 Å². The molecule has 0 saturated heterocycles. The van der Waals surface area contributed by atoms with Crippen molar-refractivity contribution in [3.05, 3.63) is 71.3 Å². The lowest BCUT2D eigenvalue weighted by molar-refractivity contribution is 1.41. The molecule has 0 heteroatoms. The number of fused-ring (bicyclic) bond motifs is 1. The third-order valence-corrected chi connectivity index (χ3v) is 3.76. The smallest absolute Gasteiger partial charge is 0.00758 e. The van der Waals surface area contributed by atoms with Crippen molar-refractivity contribution >= 4 is 10.8 Å². The van der Waals surface area contributed by atoms with Crippen molar-refractivity contribution in [2.75, 3.05) is 0 Å². The summed E-state index contributed by atoms with van der Waals surface area (Å²) in [6, 6.07) is 19.7. The zero-order chi connectivity index (χ0) is 13.4. The molecular weight excluding hydrogens is 228 g/mol. The standard InChI is InChI=1S/C19H18/c1-13-9-10-17-14(2)12-15(3)19(18(17)11-13)16-7-5-4-6-8-16/h4-12H,1-3H3. The van der Waals surface area contributed by atoms with E-state index in [1.807, 2.05) is 0 Å². The molecule has 3 aromatic rings. The molecule has 0 aromatic heterocycles. The number of rotatable bonds is 1. The summed E-state index contributed by atoms with van der Waals surface area (Å²) in [4.78, 5) is 0. The van der Waals surface area contributed by atoms with Crippen LogP contribution in [0.3, 0.4) is 0 Å². The predicted molar refractivity (Wildman–Crippen MR) is 83.6 cm³/mol. The van der Waals surface area contributed by atoms with Crippen LogP contribution in [0.2, 0.25) is 0 Å². The second-order valence-electron chi connectivity index (χ2n) is 5.30. The van der Waals surface area contributed by atoms with E-state index in [2.05, 4.69) is 75.4 Å². The van der Waals surface area contributed by atoms with Crippen LogP contribution in [0.5, 0.6) is 0 Å². The molecule has 0 N–H and O–H groups in total. The SMILES string of the molecule is Cc1ccc2c(C)cc(C)c(-c3ccccc3)c2c1. The lowest BCUT2D eigenvalue weighted by Gasteiger charge is -2.14. The van der Waals surface area contributed by atoms with Gasteiger partial charge < -0.3 is 0 Å². The average molecular weight is 246 g/mol. The Hall–Kier alpha value is -2.08. The average Bonchev–Trinajstić information content (AvgIpc) is 2.39. The van der Waals surface area contributed by atoms with E-state index < -0.39 is 0 Å². The maximum atomic E-state index is 2.30. The maximum absolute atomic E-state index is 2.30. The molecular formula is C19H18. The van der Waals surface area contributed by atoms with Crippen molar-refractivity contribution in [1.29, 1.82) is 0 Å². The third-order valence-electron chi connectivity index (χ3n) is 3.76.